The molecule has 0 amide bonds. The lowest BCUT2D eigenvalue weighted by atomic mass is 9.90. The summed E-state index contributed by atoms with van der Waals surface area (Å²) in [5, 5.41) is 19.6. The maximum Gasteiger partial charge on any atom is 0.422 e. The molecule has 494 valence electrons. The fourth-order valence-electron chi connectivity index (χ4n) is 6.84. The summed E-state index contributed by atoms with van der Waals surface area (Å²) in [4.78, 5) is 7.35. The average Bonchev–Trinajstić information content (AvgIpc) is 2.14. The first-order valence-electron chi connectivity index (χ1n) is 28.6. The number of hydrogen-bond acceptors (Lipinski definition) is 15. The molecule has 0 aromatic carbocycles. The van der Waals surface area contributed by atoms with E-state index in [1.54, 1.807) is 24.0 Å². The monoisotopic (exact) mass is 1250 g/mol. The first kappa shape index (κ1) is 74.7. The molecule has 0 atom stereocenters. The van der Waals surface area contributed by atoms with Crippen LogP contribution in [-0.4, -0.2) is 103 Å². The van der Waals surface area contributed by atoms with Gasteiger partial charge in [-0.1, -0.05) is 98.6 Å². The third kappa shape index (κ3) is 28.9. The highest BCUT2D eigenvalue weighted by atomic mass is 19.4. The van der Waals surface area contributed by atoms with E-state index in [2.05, 4.69) is 117 Å². The molecule has 27 heteroatoms. The molecule has 0 bridgehead atoms. The van der Waals surface area contributed by atoms with Gasteiger partial charge in [-0.2, -0.15) is 49.7 Å². The molecule has 2 saturated carbocycles. The third-order valence-electron chi connectivity index (χ3n) is 12.0. The molecule has 18 nitrogen and oxygen atoms in total. The Kier molecular flexibility index (Phi) is 25.8. The van der Waals surface area contributed by atoms with Crippen molar-refractivity contribution in [3.05, 3.63) is 71.1 Å². The Bertz CT molecular complexity index is 2870. The SMILES string of the molecule is CC(C)(C)c1cc(OCC(F)(F)F)on1.CC(C)(C)n1cc(OCC(F)(F)F)cn1.CC(C)(C)n1cc(OCC2CC2)cn1.CCOc1cnc(C(C)(C)C)[nH]1.Cc1c(C(C)(C)C)noc1OCC(F)(F)F.Cc1c(C(C)(C)C)noc1OCC1CC1. The number of rotatable bonds is 14. The lowest BCUT2D eigenvalue weighted by molar-refractivity contribution is -0.157. The Morgan fingerprint density at radius 3 is 1.25 bits per heavy atom. The van der Waals surface area contributed by atoms with Crippen molar-refractivity contribution in [3.63, 3.8) is 0 Å². The minimum atomic E-state index is -4.37. The number of H-pyrrole nitrogens is 1. The summed E-state index contributed by atoms with van der Waals surface area (Å²) < 4.78 is 155. The molecule has 1 N–H and O–H groups in total. The van der Waals surface area contributed by atoms with Gasteiger partial charge in [0, 0.05) is 27.7 Å². The summed E-state index contributed by atoms with van der Waals surface area (Å²) in [6, 6.07) is 1.37. The van der Waals surface area contributed by atoms with E-state index < -0.39 is 38.3 Å². The summed E-state index contributed by atoms with van der Waals surface area (Å²) in [6.45, 7) is 40.0. The van der Waals surface area contributed by atoms with Gasteiger partial charge >= 0.3 is 36.4 Å². The van der Waals surface area contributed by atoms with Crippen molar-refractivity contribution in [1.29, 1.82) is 0 Å². The lowest BCUT2D eigenvalue weighted by Crippen LogP contribution is -2.22. The van der Waals surface area contributed by atoms with E-state index in [0.717, 1.165) is 53.8 Å². The average molecular weight is 1250 g/mol. The predicted molar refractivity (Wildman–Crippen MR) is 309 cm³/mol. The van der Waals surface area contributed by atoms with Crippen LogP contribution in [0.25, 0.3) is 0 Å². The molecule has 8 rings (SSSR count). The number of ether oxygens (including phenoxy) is 6. The zero-order valence-electron chi connectivity index (χ0n) is 54.3. The number of aromatic nitrogens is 9. The molecule has 87 heavy (non-hydrogen) atoms. The predicted octanol–water partition coefficient (Wildman–Crippen LogP) is 16.3. The second-order valence-electron chi connectivity index (χ2n) is 27.3. The minimum Gasteiger partial charge on any atom is -0.490 e. The van der Waals surface area contributed by atoms with Gasteiger partial charge in [-0.15, -0.1) is 0 Å². The maximum atomic E-state index is 11.9. The second kappa shape index (κ2) is 30.1. The molecular weight excluding hydrogens is 1160 g/mol. The highest BCUT2D eigenvalue weighted by molar-refractivity contribution is 5.31. The molecule has 0 spiro atoms. The van der Waals surface area contributed by atoms with Crippen LogP contribution in [0, 0.1) is 25.7 Å². The van der Waals surface area contributed by atoms with E-state index in [9.17, 15) is 39.5 Å². The Balaban J connectivity index is 0.000000274. The maximum absolute atomic E-state index is 11.9. The second-order valence-corrected chi connectivity index (χ2v) is 27.3. The van der Waals surface area contributed by atoms with E-state index in [1.165, 1.54) is 44.1 Å². The zero-order chi connectivity index (χ0) is 66.4. The van der Waals surface area contributed by atoms with Crippen molar-refractivity contribution < 1.29 is 81.5 Å². The van der Waals surface area contributed by atoms with Gasteiger partial charge in [0.05, 0.1) is 90.1 Å². The number of nitrogens with zero attached hydrogens (tertiary/aromatic N) is 8. The Morgan fingerprint density at radius 1 is 0.494 bits per heavy atom. The smallest absolute Gasteiger partial charge is 0.422 e. The van der Waals surface area contributed by atoms with Gasteiger partial charge in [0.2, 0.25) is 5.88 Å². The van der Waals surface area contributed by atoms with Crippen molar-refractivity contribution in [2.75, 3.05) is 39.6 Å². The number of hydrogen-bond donors (Lipinski definition) is 1. The summed E-state index contributed by atoms with van der Waals surface area (Å²) in [5.41, 5.74) is 3.01. The van der Waals surface area contributed by atoms with Crippen LogP contribution < -0.4 is 28.4 Å². The number of imidazole rings is 1. The van der Waals surface area contributed by atoms with Crippen molar-refractivity contribution in [2.45, 2.75) is 222 Å². The first-order chi connectivity index (χ1) is 39.6. The molecular formula is C60H92F9N9O9. The molecule has 6 aromatic heterocycles. The highest BCUT2D eigenvalue weighted by Crippen LogP contribution is 2.35. The molecule has 0 unspecified atom stereocenters. The topological polar surface area (TPSA) is 198 Å². The summed E-state index contributed by atoms with van der Waals surface area (Å²) in [7, 11) is 0. The fourth-order valence-corrected chi connectivity index (χ4v) is 6.84. The third-order valence-corrected chi connectivity index (χ3v) is 12.0. The van der Waals surface area contributed by atoms with E-state index in [-0.39, 0.29) is 50.4 Å². The molecule has 2 fully saturated rings. The molecule has 2 aliphatic rings. The van der Waals surface area contributed by atoms with Crippen LogP contribution in [0.15, 0.2) is 50.6 Å². The van der Waals surface area contributed by atoms with E-state index in [4.69, 9.17) is 23.3 Å². The summed E-state index contributed by atoms with van der Waals surface area (Å²) in [5.74, 6) is 4.51. The van der Waals surface area contributed by atoms with Crippen molar-refractivity contribution in [2.24, 2.45) is 11.8 Å². The first-order valence-corrected chi connectivity index (χ1v) is 28.6. The Morgan fingerprint density at radius 2 is 0.908 bits per heavy atom. The minimum absolute atomic E-state index is 0.0226. The van der Waals surface area contributed by atoms with Crippen LogP contribution in [0.1, 0.15) is 191 Å². The van der Waals surface area contributed by atoms with Crippen molar-refractivity contribution in [3.8, 4) is 35.2 Å². The van der Waals surface area contributed by atoms with E-state index >= 15 is 0 Å². The standard InChI is InChI=1S/C12H19NO2.C11H18N2O.C10H14F3NO2.C9H13F3N2O.C9H12F3NO2.C9H16N2O/c1-8-10(12(2,3)4)13-15-11(8)14-7-9-5-6-9;1-11(2,3)13-7-10(6-12-13)14-8-9-4-5-9;1-6-7(9(2,3)4)14-16-8(6)15-5-10(11,12)13;1-8(2,3)14-5-7(4-13-14)15-6-9(10,11)12;1-8(2,3)6-4-7(15-13-6)14-5-9(10,11)12;1-5-12-7-6-10-8(11-7)9(2,3)4/h9H,5-7H2,1-4H3;6-7,9H,4-5,8H2,1-3H3;5H2,1-4H3;4-5H,6H2,1-3H3;4H,5H2,1-3H3;6H,5H2,1-4H3,(H,10,11). The fraction of sp³-hybridized carbons (Fsp3) is 0.700. The molecule has 0 radical (unpaired) electrons. The number of aromatic amines is 1. The molecule has 0 saturated heterocycles. The number of nitrogens with one attached hydrogen (secondary N) is 1. The van der Waals surface area contributed by atoms with Crippen LogP contribution in [0.3, 0.4) is 0 Å². The number of alkyl halides is 9. The van der Waals surface area contributed by atoms with E-state index in [1.807, 2.05) is 87.0 Å². The van der Waals surface area contributed by atoms with Gasteiger partial charge in [-0.3, -0.25) is 9.36 Å². The van der Waals surface area contributed by atoms with Crippen LogP contribution in [0.4, 0.5) is 39.5 Å². The molecule has 0 aliphatic heterocycles. The van der Waals surface area contributed by atoms with Gasteiger partial charge in [0.15, 0.2) is 31.3 Å². The van der Waals surface area contributed by atoms with Gasteiger partial charge in [-0.05, 0) is 99.8 Å². The van der Waals surface area contributed by atoms with Crippen LogP contribution >= 0.6 is 0 Å². The quantitative estimate of drug-likeness (QED) is 0.101. The molecule has 6 heterocycles. The van der Waals surface area contributed by atoms with Crippen LogP contribution in [0.2, 0.25) is 0 Å². The highest BCUT2D eigenvalue weighted by Gasteiger charge is 2.33. The Labute approximate surface area is 505 Å². The molecule has 2 aliphatic carbocycles. The van der Waals surface area contributed by atoms with Gasteiger partial charge in [0.1, 0.15) is 5.82 Å². The van der Waals surface area contributed by atoms with Crippen LogP contribution in [-0.2, 0) is 32.7 Å². The van der Waals surface area contributed by atoms with Crippen molar-refractivity contribution >= 4 is 0 Å². The van der Waals surface area contributed by atoms with Gasteiger partial charge in [-0.25, -0.2) is 4.98 Å². The van der Waals surface area contributed by atoms with Crippen molar-refractivity contribution in [1.82, 2.24) is 45.0 Å². The summed E-state index contributed by atoms with van der Waals surface area (Å²) in [6.07, 6.45) is 0.405. The summed E-state index contributed by atoms with van der Waals surface area (Å²) >= 11 is 0. The largest absolute Gasteiger partial charge is 0.490 e. The van der Waals surface area contributed by atoms with E-state index in [0.29, 0.717) is 29.5 Å². The Hall–Kier alpha value is -6.57. The zero-order valence-corrected chi connectivity index (χ0v) is 54.3. The van der Waals surface area contributed by atoms with Gasteiger partial charge < -0.3 is 47.0 Å². The van der Waals surface area contributed by atoms with Gasteiger partial charge in [0.25, 0.3) is 0 Å². The molecule has 6 aromatic rings. The lowest BCUT2D eigenvalue weighted by Gasteiger charge is -2.18. The normalized spacial score (nSPS) is 14.1. The van der Waals surface area contributed by atoms with Crippen LogP contribution in [0.5, 0.6) is 35.2 Å². The number of halogens is 9.